The lowest BCUT2D eigenvalue weighted by atomic mass is 9.87. The van der Waals surface area contributed by atoms with Crippen molar-refractivity contribution >= 4 is 69.1 Å². The molecule has 1 saturated heterocycles. The molecule has 3 heterocycles. The fraction of sp³-hybridized carbons (Fsp3) is 0.778. The third kappa shape index (κ3) is 19.8. The maximum Gasteiger partial charge on any atom is 0.481 e. The van der Waals surface area contributed by atoms with Crippen molar-refractivity contribution in [3.63, 3.8) is 0 Å². The van der Waals surface area contributed by atoms with Crippen LogP contribution in [0.4, 0.5) is 5.82 Å². The van der Waals surface area contributed by atoms with Crippen molar-refractivity contribution in [3.05, 3.63) is 12.7 Å². The van der Waals surface area contributed by atoms with E-state index in [2.05, 4.69) is 41.3 Å². The van der Waals surface area contributed by atoms with E-state index < -0.39 is 84.6 Å². The number of carbonyl (C=O) groups excluding carboxylic acids is 3. The number of phosphoric acid groups is 3. The van der Waals surface area contributed by atoms with Crippen molar-refractivity contribution in [2.75, 3.05) is 37.8 Å². The normalized spacial score (nSPS) is 20.5. The molecule has 3 unspecified atom stereocenters. The van der Waals surface area contributed by atoms with Gasteiger partial charge in [0.2, 0.25) is 11.8 Å². The number of hydrogen-bond acceptors (Lipinski definition) is 18. The Kier molecular flexibility index (Phi) is 23.4. The maximum atomic E-state index is 12.7. The molecule has 366 valence electrons. The second-order valence-electron chi connectivity index (χ2n) is 15.9. The molecule has 7 atom stereocenters. The first-order valence-electron chi connectivity index (χ1n) is 21.1. The van der Waals surface area contributed by atoms with Gasteiger partial charge in [0, 0.05) is 37.1 Å². The van der Waals surface area contributed by atoms with Crippen molar-refractivity contribution in [2.24, 2.45) is 5.41 Å². The number of amides is 2. The molecule has 0 bridgehead atoms. The number of imidazole rings is 1. The smallest absolute Gasteiger partial charge is 0.386 e. The highest BCUT2D eigenvalue weighted by atomic mass is 32.2. The highest BCUT2D eigenvalue weighted by Crippen LogP contribution is 2.61. The summed E-state index contributed by atoms with van der Waals surface area (Å²) in [6.07, 6.45) is 8.13. The fourth-order valence-corrected chi connectivity index (χ4v) is 10.0. The third-order valence-electron chi connectivity index (χ3n) is 10.00. The minimum atomic E-state index is -5.57. The van der Waals surface area contributed by atoms with Crippen molar-refractivity contribution in [2.45, 2.75) is 141 Å². The summed E-state index contributed by atoms with van der Waals surface area (Å²) in [5, 5.41) is 26.6. The largest absolute Gasteiger partial charge is 0.481 e. The zero-order valence-electron chi connectivity index (χ0n) is 36.3. The molecule has 0 aromatic carbocycles. The number of carbonyl (C=O) groups is 3. The van der Waals surface area contributed by atoms with Crippen LogP contribution in [-0.2, 0) is 50.7 Å². The second kappa shape index (κ2) is 26.8. The van der Waals surface area contributed by atoms with Crippen LogP contribution in [0.15, 0.2) is 12.7 Å². The van der Waals surface area contributed by atoms with Gasteiger partial charge in [-0.15, -0.1) is 0 Å². The number of nitrogens with two attached hydrogens (primary N) is 1. The number of anilines is 1. The van der Waals surface area contributed by atoms with Gasteiger partial charge in [-0.1, -0.05) is 103 Å². The van der Waals surface area contributed by atoms with E-state index in [1.807, 2.05) is 0 Å². The number of nitrogens with one attached hydrogen (secondary N) is 2. The molecule has 1 aliphatic heterocycles. The van der Waals surface area contributed by atoms with Crippen molar-refractivity contribution in [1.82, 2.24) is 30.2 Å². The molecule has 1 fully saturated rings. The highest BCUT2D eigenvalue weighted by Gasteiger charge is 2.50. The van der Waals surface area contributed by atoms with Crippen LogP contribution in [0.1, 0.15) is 117 Å². The van der Waals surface area contributed by atoms with Crippen molar-refractivity contribution < 1.29 is 80.5 Å². The lowest BCUT2D eigenvalue weighted by molar-refractivity contribution is -0.137. The number of phosphoric ester groups is 3. The molecular formula is C36H64N7O17P3S. The van der Waals surface area contributed by atoms with Gasteiger partial charge in [0.05, 0.1) is 19.5 Å². The van der Waals surface area contributed by atoms with E-state index in [9.17, 15) is 57.9 Å². The van der Waals surface area contributed by atoms with Crippen LogP contribution < -0.4 is 16.4 Å². The summed E-state index contributed by atoms with van der Waals surface area (Å²) in [6, 6.07) is 0. The minimum absolute atomic E-state index is 0.0336. The molecule has 2 aromatic rings. The van der Waals surface area contributed by atoms with Gasteiger partial charge in [0.15, 0.2) is 22.8 Å². The zero-order chi connectivity index (χ0) is 47.6. The topological polar surface area (TPSA) is 364 Å². The predicted octanol–water partition coefficient (Wildman–Crippen LogP) is 3.76. The monoisotopic (exact) mass is 991 g/mol. The van der Waals surface area contributed by atoms with E-state index in [4.69, 9.17) is 19.5 Å². The van der Waals surface area contributed by atoms with Crippen LogP contribution in [0.5, 0.6) is 0 Å². The summed E-state index contributed by atoms with van der Waals surface area (Å²) in [6.45, 7) is 2.80. The van der Waals surface area contributed by atoms with Crippen LogP contribution in [0.25, 0.3) is 11.2 Å². The SMILES string of the molecule is CCCCCCCCCCCCCCC(=O)SCCNC(=O)CCNC(=O)[C@H](O)C(C)(C)COP(=O)(O)OP(=O)(O)OC[C@H]1O[C@@H](n2cnc3c(N)ncnc32)C(O)[C@H]1OP(=O)(O)O. The first-order valence-corrected chi connectivity index (χ1v) is 26.6. The van der Waals surface area contributed by atoms with E-state index in [1.54, 1.807) is 0 Å². The fourth-order valence-electron chi connectivity index (χ4n) is 6.48. The average Bonchev–Trinajstić information content (AvgIpc) is 3.78. The van der Waals surface area contributed by atoms with Gasteiger partial charge in [-0.3, -0.25) is 32.5 Å². The Balaban J connectivity index is 1.34. The summed E-state index contributed by atoms with van der Waals surface area (Å²) in [4.78, 5) is 88.2. The van der Waals surface area contributed by atoms with Crippen LogP contribution in [0, 0.1) is 5.41 Å². The number of unbranched alkanes of at least 4 members (excludes halogenated alkanes) is 11. The van der Waals surface area contributed by atoms with Crippen LogP contribution >= 0.6 is 35.2 Å². The molecule has 28 heteroatoms. The molecule has 0 radical (unpaired) electrons. The number of rotatable bonds is 32. The number of ether oxygens (including phenoxy) is 1. The Morgan fingerprint density at radius 2 is 1.50 bits per heavy atom. The Morgan fingerprint density at radius 1 is 0.891 bits per heavy atom. The van der Waals surface area contributed by atoms with Crippen LogP contribution in [-0.4, -0.2) is 123 Å². The predicted molar refractivity (Wildman–Crippen MR) is 233 cm³/mol. The molecule has 0 spiro atoms. The summed E-state index contributed by atoms with van der Waals surface area (Å²) in [5.74, 6) is -1.02. The van der Waals surface area contributed by atoms with Gasteiger partial charge in [-0.25, -0.2) is 28.6 Å². The lowest BCUT2D eigenvalue weighted by Crippen LogP contribution is -2.46. The van der Waals surface area contributed by atoms with Gasteiger partial charge in [-0.05, 0) is 6.42 Å². The first kappa shape index (κ1) is 55.9. The number of aliphatic hydroxyl groups excluding tert-OH is 2. The first-order chi connectivity index (χ1) is 30.1. The second-order valence-corrected chi connectivity index (χ2v) is 21.3. The Morgan fingerprint density at radius 3 is 2.12 bits per heavy atom. The van der Waals surface area contributed by atoms with Crippen LogP contribution in [0.2, 0.25) is 0 Å². The van der Waals surface area contributed by atoms with Crippen LogP contribution in [0.3, 0.4) is 0 Å². The van der Waals surface area contributed by atoms with E-state index in [-0.39, 0.29) is 41.6 Å². The minimum Gasteiger partial charge on any atom is -0.386 e. The van der Waals surface area contributed by atoms with Gasteiger partial charge >= 0.3 is 23.5 Å². The highest BCUT2D eigenvalue weighted by molar-refractivity contribution is 8.13. The number of aliphatic hydroxyl groups is 2. The molecule has 64 heavy (non-hydrogen) atoms. The molecule has 24 nitrogen and oxygen atoms in total. The van der Waals surface area contributed by atoms with Gasteiger partial charge < -0.3 is 50.9 Å². The number of nitrogen functional groups attached to an aromatic ring is 1. The Hall–Kier alpha value is -2.44. The molecule has 1 aliphatic rings. The molecule has 0 saturated carbocycles. The summed E-state index contributed by atoms with van der Waals surface area (Å²) in [7, 11) is -16.4. The van der Waals surface area contributed by atoms with E-state index in [0.29, 0.717) is 12.2 Å². The summed E-state index contributed by atoms with van der Waals surface area (Å²) in [5.41, 5.74) is 4.29. The number of fused-ring (bicyclic) bond motifs is 1. The quantitative estimate of drug-likeness (QED) is 0.0372. The third-order valence-corrected chi connectivity index (χ3v) is 14.0. The van der Waals surface area contributed by atoms with Crippen molar-refractivity contribution in [1.29, 1.82) is 0 Å². The number of hydrogen-bond donors (Lipinski definition) is 9. The number of thioether (sulfide) groups is 1. The van der Waals surface area contributed by atoms with Gasteiger partial charge in [0.25, 0.3) is 0 Å². The molecule has 2 amide bonds. The molecule has 0 aliphatic carbocycles. The van der Waals surface area contributed by atoms with E-state index >= 15 is 0 Å². The molecule has 10 N–H and O–H groups in total. The molecular weight excluding hydrogens is 927 g/mol. The number of aromatic nitrogens is 4. The van der Waals surface area contributed by atoms with Gasteiger partial charge in [-0.2, -0.15) is 4.31 Å². The van der Waals surface area contributed by atoms with Crippen molar-refractivity contribution in [3.8, 4) is 0 Å². The maximum absolute atomic E-state index is 12.7. The molecule has 3 rings (SSSR count). The lowest BCUT2D eigenvalue weighted by Gasteiger charge is -2.30. The number of nitrogens with zero attached hydrogens (tertiary/aromatic N) is 4. The van der Waals surface area contributed by atoms with E-state index in [0.717, 1.165) is 48.2 Å². The zero-order valence-corrected chi connectivity index (χ0v) is 39.8. The molecule has 2 aromatic heterocycles. The summed E-state index contributed by atoms with van der Waals surface area (Å²) >= 11 is 1.15. The Labute approximate surface area is 376 Å². The standard InChI is InChI=1S/C36H64N7O17P3S/c1-4-5-6-7-8-9-10-11-12-13-14-15-16-27(45)64-20-19-38-26(44)17-18-39-34(48)31(47)36(2,3)22-57-63(54,55)60-62(52,53)56-21-25-30(59-61(49,50)51)29(46)35(58-25)43-24-42-28-32(37)40-23-41-33(28)43/h23-25,29-31,35,46-47H,4-22H2,1-3H3,(H,38,44)(H,39,48)(H,52,53)(H,54,55)(H2,37,40,41)(H2,49,50,51)/t25-,29?,30+,31+,35-/m1/s1. The van der Waals surface area contributed by atoms with E-state index in [1.165, 1.54) is 71.6 Å². The summed E-state index contributed by atoms with van der Waals surface area (Å²) < 4.78 is 62.4. The Bertz CT molecular complexity index is 1940. The average molecular weight is 992 g/mol. The van der Waals surface area contributed by atoms with Gasteiger partial charge in [0.1, 0.15) is 36.3 Å².